The largest absolute Gasteiger partial charge is 0.490 e. The zero-order valence-electron chi connectivity index (χ0n) is 11.8. The van der Waals surface area contributed by atoms with Gasteiger partial charge in [-0.25, -0.2) is 0 Å². The molecule has 1 atom stereocenters. The highest BCUT2D eigenvalue weighted by molar-refractivity contribution is 6.06. The number of nitrogens with one attached hydrogen (secondary N) is 1. The van der Waals surface area contributed by atoms with Crippen LogP contribution in [0.4, 0.5) is 5.69 Å². The Morgan fingerprint density at radius 3 is 2.71 bits per heavy atom. The van der Waals surface area contributed by atoms with E-state index in [1.807, 2.05) is 43.3 Å². The van der Waals surface area contributed by atoms with E-state index in [0.717, 1.165) is 17.9 Å². The van der Waals surface area contributed by atoms with E-state index in [1.54, 1.807) is 12.1 Å². The highest BCUT2D eigenvalue weighted by atomic mass is 16.6. The SMILES string of the molecule is Cc1ccccc1NC(=O)c1ccccc1OCC1CO1. The summed E-state index contributed by atoms with van der Waals surface area (Å²) in [4.78, 5) is 12.4. The first-order valence-electron chi connectivity index (χ1n) is 6.94. The van der Waals surface area contributed by atoms with E-state index in [2.05, 4.69) is 5.32 Å². The molecule has 4 heteroatoms. The minimum atomic E-state index is -0.170. The molecule has 1 unspecified atom stereocenters. The second kappa shape index (κ2) is 5.97. The van der Waals surface area contributed by atoms with Gasteiger partial charge in [0.2, 0.25) is 0 Å². The second-order valence-corrected chi connectivity index (χ2v) is 5.03. The lowest BCUT2D eigenvalue weighted by molar-refractivity contribution is 0.102. The van der Waals surface area contributed by atoms with E-state index in [4.69, 9.17) is 9.47 Å². The summed E-state index contributed by atoms with van der Waals surface area (Å²) in [5.74, 6) is 0.413. The van der Waals surface area contributed by atoms with Gasteiger partial charge in [-0.2, -0.15) is 0 Å². The number of epoxide rings is 1. The summed E-state index contributed by atoms with van der Waals surface area (Å²) in [6, 6.07) is 14.9. The van der Waals surface area contributed by atoms with Crippen molar-refractivity contribution >= 4 is 11.6 Å². The molecule has 0 spiro atoms. The molecule has 1 aliphatic heterocycles. The second-order valence-electron chi connectivity index (χ2n) is 5.03. The maximum Gasteiger partial charge on any atom is 0.259 e. The van der Waals surface area contributed by atoms with Gasteiger partial charge in [0.1, 0.15) is 18.5 Å². The van der Waals surface area contributed by atoms with Gasteiger partial charge in [-0.1, -0.05) is 30.3 Å². The van der Waals surface area contributed by atoms with Crippen molar-refractivity contribution in [3.8, 4) is 5.75 Å². The van der Waals surface area contributed by atoms with Gasteiger partial charge in [-0.3, -0.25) is 4.79 Å². The first-order chi connectivity index (χ1) is 10.2. The fourth-order valence-electron chi connectivity index (χ4n) is 2.03. The fraction of sp³-hybridized carbons (Fsp3) is 0.235. The van der Waals surface area contributed by atoms with E-state index in [-0.39, 0.29) is 12.0 Å². The molecule has 0 saturated carbocycles. The molecule has 108 valence electrons. The topological polar surface area (TPSA) is 50.9 Å². The number of hydrogen-bond acceptors (Lipinski definition) is 3. The maximum absolute atomic E-state index is 12.4. The van der Waals surface area contributed by atoms with Gasteiger partial charge >= 0.3 is 0 Å². The number of rotatable bonds is 5. The van der Waals surface area contributed by atoms with Crippen LogP contribution in [0, 0.1) is 6.92 Å². The number of aryl methyl sites for hydroxylation is 1. The molecule has 0 bridgehead atoms. The van der Waals surface area contributed by atoms with Crippen molar-refractivity contribution in [2.24, 2.45) is 0 Å². The van der Waals surface area contributed by atoms with Gasteiger partial charge < -0.3 is 14.8 Å². The smallest absolute Gasteiger partial charge is 0.259 e. The molecule has 0 radical (unpaired) electrons. The summed E-state index contributed by atoms with van der Waals surface area (Å²) in [6.07, 6.45) is 0.164. The predicted octanol–water partition coefficient (Wildman–Crippen LogP) is 3.02. The van der Waals surface area contributed by atoms with Crippen LogP contribution in [0.3, 0.4) is 0 Å². The lowest BCUT2D eigenvalue weighted by atomic mass is 10.1. The average molecular weight is 283 g/mol. The van der Waals surface area contributed by atoms with Gasteiger partial charge in [0.05, 0.1) is 12.2 Å². The number of anilines is 1. The molecule has 21 heavy (non-hydrogen) atoms. The molecule has 2 aromatic rings. The Morgan fingerprint density at radius 1 is 1.24 bits per heavy atom. The third-order valence-electron chi connectivity index (χ3n) is 3.35. The quantitative estimate of drug-likeness (QED) is 0.858. The van der Waals surface area contributed by atoms with Crippen LogP contribution in [0.25, 0.3) is 0 Å². The van der Waals surface area contributed by atoms with Gasteiger partial charge in [-0.05, 0) is 30.7 Å². The van der Waals surface area contributed by atoms with E-state index in [9.17, 15) is 4.79 Å². The molecule has 0 aromatic heterocycles. The molecule has 1 fully saturated rings. The number of hydrogen-bond donors (Lipinski definition) is 1. The lowest BCUT2D eigenvalue weighted by Crippen LogP contribution is -2.15. The first-order valence-corrected chi connectivity index (χ1v) is 6.94. The number of carbonyl (C=O) groups is 1. The molecule has 1 N–H and O–H groups in total. The van der Waals surface area contributed by atoms with E-state index >= 15 is 0 Å². The zero-order chi connectivity index (χ0) is 14.7. The molecule has 3 rings (SSSR count). The van der Waals surface area contributed by atoms with Gasteiger partial charge in [0, 0.05) is 5.69 Å². The highest BCUT2D eigenvalue weighted by Gasteiger charge is 2.24. The van der Waals surface area contributed by atoms with Gasteiger partial charge in [0.25, 0.3) is 5.91 Å². The Hall–Kier alpha value is -2.33. The lowest BCUT2D eigenvalue weighted by Gasteiger charge is -2.12. The summed E-state index contributed by atoms with van der Waals surface area (Å²) in [6.45, 7) is 3.18. The number of para-hydroxylation sites is 2. The van der Waals surface area contributed by atoms with Crippen LogP contribution in [0.15, 0.2) is 48.5 Å². The third kappa shape index (κ3) is 3.41. The van der Waals surface area contributed by atoms with Crippen LogP contribution in [0.1, 0.15) is 15.9 Å². The Kier molecular flexibility index (Phi) is 3.88. The molecular formula is C17H17NO3. The standard InChI is InChI=1S/C17H17NO3/c1-12-6-2-4-8-15(12)18-17(19)14-7-3-5-9-16(14)21-11-13-10-20-13/h2-9,13H,10-11H2,1H3,(H,18,19). The van der Waals surface area contributed by atoms with Crippen LogP contribution in [-0.4, -0.2) is 25.2 Å². The zero-order valence-corrected chi connectivity index (χ0v) is 11.8. The molecule has 4 nitrogen and oxygen atoms in total. The fourth-order valence-corrected chi connectivity index (χ4v) is 2.03. The maximum atomic E-state index is 12.4. The van der Waals surface area contributed by atoms with Crippen LogP contribution >= 0.6 is 0 Å². The Balaban J connectivity index is 1.75. The third-order valence-corrected chi connectivity index (χ3v) is 3.35. The monoisotopic (exact) mass is 283 g/mol. The number of benzene rings is 2. The van der Waals surface area contributed by atoms with Crippen molar-refractivity contribution < 1.29 is 14.3 Å². The molecule has 1 saturated heterocycles. The Morgan fingerprint density at radius 2 is 1.95 bits per heavy atom. The minimum Gasteiger partial charge on any atom is -0.490 e. The molecule has 0 aliphatic carbocycles. The molecule has 2 aromatic carbocycles. The Bertz CT molecular complexity index is 650. The van der Waals surface area contributed by atoms with Gasteiger partial charge in [-0.15, -0.1) is 0 Å². The molecule has 1 heterocycles. The summed E-state index contributed by atoms with van der Waals surface area (Å²) in [7, 11) is 0. The molecular weight excluding hydrogens is 266 g/mol. The summed E-state index contributed by atoms with van der Waals surface area (Å²) in [5.41, 5.74) is 2.36. The molecule has 1 amide bonds. The summed E-state index contributed by atoms with van der Waals surface area (Å²) < 4.78 is 10.8. The van der Waals surface area contributed by atoms with Crippen LogP contribution in [0.5, 0.6) is 5.75 Å². The van der Waals surface area contributed by atoms with E-state index in [1.165, 1.54) is 0 Å². The van der Waals surface area contributed by atoms with Crippen molar-refractivity contribution in [2.75, 3.05) is 18.5 Å². The minimum absolute atomic E-state index is 0.164. The number of carbonyl (C=O) groups excluding carboxylic acids is 1. The molecule has 1 aliphatic rings. The highest BCUT2D eigenvalue weighted by Crippen LogP contribution is 2.22. The van der Waals surface area contributed by atoms with E-state index in [0.29, 0.717) is 17.9 Å². The normalized spacial score (nSPS) is 16.3. The van der Waals surface area contributed by atoms with Crippen molar-refractivity contribution in [2.45, 2.75) is 13.0 Å². The number of ether oxygens (including phenoxy) is 2. The summed E-state index contributed by atoms with van der Waals surface area (Å²) >= 11 is 0. The van der Waals surface area contributed by atoms with Crippen molar-refractivity contribution in [3.05, 3.63) is 59.7 Å². The predicted molar refractivity (Wildman–Crippen MR) is 80.8 cm³/mol. The van der Waals surface area contributed by atoms with Crippen LogP contribution in [0.2, 0.25) is 0 Å². The summed E-state index contributed by atoms with van der Waals surface area (Å²) in [5, 5.41) is 2.92. The number of amides is 1. The first kappa shape index (κ1) is 13.6. The van der Waals surface area contributed by atoms with Crippen LogP contribution < -0.4 is 10.1 Å². The van der Waals surface area contributed by atoms with E-state index < -0.39 is 0 Å². The van der Waals surface area contributed by atoms with Crippen molar-refractivity contribution in [1.29, 1.82) is 0 Å². The van der Waals surface area contributed by atoms with Crippen molar-refractivity contribution in [1.82, 2.24) is 0 Å². The Labute approximate surface area is 123 Å². The average Bonchev–Trinajstić information content (AvgIpc) is 3.32. The van der Waals surface area contributed by atoms with Gasteiger partial charge in [0.15, 0.2) is 0 Å². The van der Waals surface area contributed by atoms with Crippen LogP contribution in [-0.2, 0) is 4.74 Å². The van der Waals surface area contributed by atoms with Crippen molar-refractivity contribution in [3.63, 3.8) is 0 Å².